The Morgan fingerprint density at radius 2 is 1.13 bits per heavy atom. The Kier molecular flexibility index (Phi) is 27.0. The zero-order valence-electron chi connectivity index (χ0n) is 34.6. The van der Waals surface area contributed by atoms with E-state index < -0.39 is 28.7 Å². The minimum absolute atomic E-state index is 0.147. The molecule has 314 valence electrons. The van der Waals surface area contributed by atoms with Crippen LogP contribution in [0.2, 0.25) is 0 Å². The van der Waals surface area contributed by atoms with Crippen molar-refractivity contribution in [2.24, 2.45) is 16.7 Å². The molecule has 11 heteroatoms. The van der Waals surface area contributed by atoms with Crippen molar-refractivity contribution < 1.29 is 48.4 Å². The molecule has 1 fully saturated rings. The van der Waals surface area contributed by atoms with Crippen LogP contribution in [-0.4, -0.2) is 84.9 Å². The van der Waals surface area contributed by atoms with E-state index in [2.05, 4.69) is 18.7 Å². The van der Waals surface area contributed by atoms with Gasteiger partial charge in [-0.15, -0.1) is 0 Å². The smallest absolute Gasteiger partial charge is 0.313 e. The Hall–Kier alpha value is -2.69. The van der Waals surface area contributed by atoms with E-state index in [0.29, 0.717) is 77.5 Å². The van der Waals surface area contributed by atoms with E-state index in [0.717, 1.165) is 90.0 Å². The van der Waals surface area contributed by atoms with E-state index in [4.69, 9.17) is 14.2 Å². The fraction of sp³-hybridized carbons (Fsp3) is 0.884. The highest BCUT2D eigenvalue weighted by atomic mass is 16.5. The quantitative estimate of drug-likeness (QED) is 0.0360. The lowest BCUT2D eigenvalue weighted by Crippen LogP contribution is -2.40. The summed E-state index contributed by atoms with van der Waals surface area (Å²) in [6, 6.07) is 0. The Morgan fingerprint density at radius 3 is 1.63 bits per heavy atom. The van der Waals surface area contributed by atoms with Crippen molar-refractivity contribution in [3.8, 4) is 0 Å². The zero-order chi connectivity index (χ0) is 40.1. The van der Waals surface area contributed by atoms with Gasteiger partial charge in [-0.2, -0.15) is 0 Å². The molecular formula is C43H77NO10. The van der Waals surface area contributed by atoms with E-state index in [-0.39, 0.29) is 30.9 Å². The summed E-state index contributed by atoms with van der Waals surface area (Å²) >= 11 is 0. The number of unbranched alkanes of at least 4 members (excludes halogenated alkanes) is 14. The van der Waals surface area contributed by atoms with Crippen LogP contribution in [0.1, 0.15) is 188 Å². The molecule has 1 rings (SSSR count). The van der Waals surface area contributed by atoms with Crippen molar-refractivity contribution in [3.05, 3.63) is 0 Å². The molecule has 3 unspecified atom stereocenters. The number of carboxylic acid groups (broad SMARTS) is 2. The number of carboxylic acids is 2. The summed E-state index contributed by atoms with van der Waals surface area (Å²) < 4.78 is 16.5. The molecule has 0 aromatic carbocycles. The SMILES string of the molecule is CCCCCCCC(=O)OCCCCCCC(CCCC(CCCCCCOC(=O)CCCCCCC)(COC(=O)C1(C)CCN(C)C1)C(=O)O)C(=O)O. The molecule has 0 aromatic rings. The van der Waals surface area contributed by atoms with Gasteiger partial charge >= 0.3 is 29.8 Å². The topological polar surface area (TPSA) is 157 Å². The molecular weight excluding hydrogens is 690 g/mol. The highest BCUT2D eigenvalue weighted by Gasteiger charge is 2.44. The van der Waals surface area contributed by atoms with E-state index in [1.54, 1.807) is 0 Å². The normalized spacial score (nSPS) is 17.5. The molecule has 0 spiro atoms. The molecule has 1 saturated heterocycles. The average molecular weight is 768 g/mol. The fourth-order valence-electron chi connectivity index (χ4n) is 7.39. The number of carbonyl (C=O) groups excluding carboxylic acids is 3. The van der Waals surface area contributed by atoms with Crippen LogP contribution in [0.25, 0.3) is 0 Å². The molecule has 0 aromatic heterocycles. The van der Waals surface area contributed by atoms with Crippen molar-refractivity contribution >= 4 is 29.8 Å². The summed E-state index contributed by atoms with van der Waals surface area (Å²) in [6.45, 7) is 8.01. The minimum Gasteiger partial charge on any atom is -0.481 e. The first-order valence-electron chi connectivity index (χ1n) is 21.5. The van der Waals surface area contributed by atoms with Crippen molar-refractivity contribution in [1.82, 2.24) is 4.90 Å². The predicted molar refractivity (Wildman–Crippen MR) is 211 cm³/mol. The van der Waals surface area contributed by atoms with Gasteiger partial charge in [0.15, 0.2) is 0 Å². The number of ether oxygens (including phenoxy) is 3. The van der Waals surface area contributed by atoms with Gasteiger partial charge in [0.25, 0.3) is 0 Å². The number of hydrogen-bond donors (Lipinski definition) is 2. The third-order valence-electron chi connectivity index (χ3n) is 11.1. The summed E-state index contributed by atoms with van der Waals surface area (Å²) in [5.41, 5.74) is -1.99. The van der Waals surface area contributed by atoms with Gasteiger partial charge in [0.1, 0.15) is 12.0 Å². The minimum atomic E-state index is -1.31. The van der Waals surface area contributed by atoms with E-state index in [9.17, 15) is 34.2 Å². The van der Waals surface area contributed by atoms with E-state index >= 15 is 0 Å². The first-order chi connectivity index (χ1) is 25.9. The standard InChI is InChI=1S/C43H77NO10/c1-5-7-9-11-18-26-37(45)52-32-21-15-13-17-24-36(39(47)48)25-23-29-43(40(49)50,35-54-41(51)42(3)30-31-44(4)34-42)28-20-14-16-22-33-53-38(46)27-19-12-10-8-6-2/h36H,5-35H2,1-4H3,(H,47,48)(H,49,50). The van der Waals surface area contributed by atoms with Gasteiger partial charge in [-0.05, 0) is 78.3 Å². The van der Waals surface area contributed by atoms with Crippen LogP contribution in [0.5, 0.6) is 0 Å². The summed E-state index contributed by atoms with van der Waals surface area (Å²) in [7, 11) is 1.95. The van der Waals surface area contributed by atoms with Crippen LogP contribution >= 0.6 is 0 Å². The summed E-state index contributed by atoms with van der Waals surface area (Å²) in [4.78, 5) is 64.3. The van der Waals surface area contributed by atoms with Gasteiger partial charge in [-0.1, -0.05) is 110 Å². The number of hydrogen-bond acceptors (Lipinski definition) is 9. The number of likely N-dealkylation sites (tertiary alicyclic amines) is 1. The van der Waals surface area contributed by atoms with Gasteiger partial charge < -0.3 is 29.3 Å². The van der Waals surface area contributed by atoms with Crippen LogP contribution in [-0.2, 0) is 38.2 Å². The zero-order valence-corrected chi connectivity index (χ0v) is 34.6. The molecule has 1 aliphatic heterocycles. The van der Waals surface area contributed by atoms with Crippen molar-refractivity contribution in [2.75, 3.05) is 40.0 Å². The monoisotopic (exact) mass is 768 g/mol. The highest BCUT2D eigenvalue weighted by Crippen LogP contribution is 2.36. The summed E-state index contributed by atoms with van der Waals surface area (Å²) in [5.74, 6) is -3.19. The molecule has 3 atom stereocenters. The first kappa shape index (κ1) is 49.3. The number of carbonyl (C=O) groups is 5. The molecule has 54 heavy (non-hydrogen) atoms. The molecule has 1 heterocycles. The lowest BCUT2D eigenvalue weighted by Gasteiger charge is -2.31. The lowest BCUT2D eigenvalue weighted by molar-refractivity contribution is -0.166. The largest absolute Gasteiger partial charge is 0.481 e. The van der Waals surface area contributed by atoms with E-state index in [1.165, 1.54) is 19.3 Å². The maximum atomic E-state index is 13.2. The number of rotatable bonds is 35. The molecule has 11 nitrogen and oxygen atoms in total. The molecule has 0 aliphatic carbocycles. The molecule has 0 saturated carbocycles. The van der Waals surface area contributed by atoms with Crippen LogP contribution in [0.3, 0.4) is 0 Å². The molecule has 1 aliphatic rings. The van der Waals surface area contributed by atoms with Crippen LogP contribution in [0.15, 0.2) is 0 Å². The van der Waals surface area contributed by atoms with Crippen LogP contribution in [0, 0.1) is 16.7 Å². The molecule has 0 bridgehead atoms. The van der Waals surface area contributed by atoms with Gasteiger partial charge in [-0.25, -0.2) is 0 Å². The van der Waals surface area contributed by atoms with Crippen LogP contribution < -0.4 is 0 Å². The van der Waals surface area contributed by atoms with Crippen molar-refractivity contribution in [3.63, 3.8) is 0 Å². The number of nitrogens with zero attached hydrogens (tertiary/aromatic N) is 1. The summed E-state index contributed by atoms with van der Waals surface area (Å²) in [5, 5.41) is 20.5. The predicted octanol–water partition coefficient (Wildman–Crippen LogP) is 9.52. The second-order valence-electron chi connectivity index (χ2n) is 16.3. The maximum absolute atomic E-state index is 13.2. The number of esters is 3. The second-order valence-corrected chi connectivity index (χ2v) is 16.3. The van der Waals surface area contributed by atoms with Crippen molar-refractivity contribution in [2.45, 2.75) is 188 Å². The van der Waals surface area contributed by atoms with E-state index in [1.807, 2.05) is 14.0 Å². The average Bonchev–Trinajstić information content (AvgIpc) is 3.50. The maximum Gasteiger partial charge on any atom is 0.313 e. The third-order valence-corrected chi connectivity index (χ3v) is 11.1. The fourth-order valence-corrected chi connectivity index (χ4v) is 7.39. The molecule has 2 N–H and O–H groups in total. The molecule has 0 radical (unpaired) electrons. The van der Waals surface area contributed by atoms with Gasteiger partial charge in [-0.3, -0.25) is 24.0 Å². The van der Waals surface area contributed by atoms with Gasteiger partial charge in [0, 0.05) is 19.4 Å². The number of aliphatic carboxylic acids is 2. The summed E-state index contributed by atoms with van der Waals surface area (Å²) in [6.07, 6.45) is 20.1. The van der Waals surface area contributed by atoms with Crippen LogP contribution in [0.4, 0.5) is 0 Å². The van der Waals surface area contributed by atoms with Gasteiger partial charge in [0.2, 0.25) is 0 Å². The highest BCUT2D eigenvalue weighted by molar-refractivity contribution is 5.79. The van der Waals surface area contributed by atoms with Crippen molar-refractivity contribution in [1.29, 1.82) is 0 Å². The Bertz CT molecular complexity index is 1070. The second kappa shape index (κ2) is 29.6. The van der Waals surface area contributed by atoms with Gasteiger partial charge in [0.05, 0.1) is 24.5 Å². The lowest BCUT2D eigenvalue weighted by atomic mass is 9.77. The molecule has 0 amide bonds. The Labute approximate surface area is 327 Å². The first-order valence-corrected chi connectivity index (χ1v) is 21.5. The third kappa shape index (κ3) is 22.0. The Balaban J connectivity index is 2.59. The Morgan fingerprint density at radius 1 is 0.648 bits per heavy atom.